The van der Waals surface area contributed by atoms with Crippen LogP contribution in [0.5, 0.6) is 11.5 Å². The van der Waals surface area contributed by atoms with Crippen LogP contribution in [0.1, 0.15) is 5.56 Å². The maximum atomic E-state index is 10.9. The Morgan fingerprint density at radius 2 is 1.91 bits per heavy atom. The van der Waals surface area contributed by atoms with Crippen LogP contribution in [0.3, 0.4) is 0 Å². The Balaban J connectivity index is 2.16. The monoisotopic (exact) mass is 309 g/mol. The van der Waals surface area contributed by atoms with Crippen LogP contribution in [-0.4, -0.2) is 26.4 Å². The highest BCUT2D eigenvalue weighted by molar-refractivity contribution is 5.76. The van der Waals surface area contributed by atoms with Crippen molar-refractivity contribution in [3.63, 3.8) is 0 Å². The van der Waals surface area contributed by atoms with Crippen molar-refractivity contribution in [3.8, 4) is 28.4 Å². The van der Waals surface area contributed by atoms with E-state index in [1.807, 2.05) is 31.2 Å². The zero-order valence-corrected chi connectivity index (χ0v) is 12.4. The molecular weight excluding hydrogens is 294 g/mol. The SMILES string of the molecule is Cc1ccccc1-n1nc(-c2ccc(O)cc2O)cc1NC=O. The molecule has 0 aliphatic carbocycles. The molecule has 0 unspecified atom stereocenters. The number of para-hydroxylation sites is 1. The number of phenolic OH excluding ortho intramolecular Hbond substituents is 2. The van der Waals surface area contributed by atoms with Gasteiger partial charge in [0.25, 0.3) is 0 Å². The van der Waals surface area contributed by atoms with E-state index >= 15 is 0 Å². The highest BCUT2D eigenvalue weighted by Gasteiger charge is 2.15. The second-order valence-corrected chi connectivity index (χ2v) is 5.08. The van der Waals surface area contributed by atoms with Crippen molar-refractivity contribution in [2.24, 2.45) is 0 Å². The molecule has 0 saturated carbocycles. The zero-order valence-electron chi connectivity index (χ0n) is 12.4. The number of aromatic nitrogens is 2. The number of rotatable bonds is 4. The molecule has 0 radical (unpaired) electrons. The summed E-state index contributed by atoms with van der Waals surface area (Å²) in [5, 5.41) is 26.5. The molecule has 3 rings (SSSR count). The summed E-state index contributed by atoms with van der Waals surface area (Å²) >= 11 is 0. The largest absolute Gasteiger partial charge is 0.508 e. The molecule has 116 valence electrons. The molecule has 0 fully saturated rings. The van der Waals surface area contributed by atoms with Crippen molar-refractivity contribution < 1.29 is 15.0 Å². The first kappa shape index (κ1) is 14.6. The topological polar surface area (TPSA) is 87.4 Å². The number of aryl methyl sites for hydroxylation is 1. The number of carbonyl (C=O) groups is 1. The molecule has 6 heteroatoms. The van der Waals surface area contributed by atoms with Crippen LogP contribution < -0.4 is 5.32 Å². The maximum absolute atomic E-state index is 10.9. The van der Waals surface area contributed by atoms with Crippen LogP contribution in [0.2, 0.25) is 0 Å². The van der Waals surface area contributed by atoms with E-state index in [2.05, 4.69) is 10.4 Å². The predicted octanol–water partition coefficient (Wildman–Crippen LogP) is 2.83. The van der Waals surface area contributed by atoms with Gasteiger partial charge in [0.1, 0.15) is 17.3 Å². The molecule has 0 atom stereocenters. The zero-order chi connectivity index (χ0) is 16.4. The summed E-state index contributed by atoms with van der Waals surface area (Å²) in [5.74, 6) is 0.365. The Labute approximate surface area is 132 Å². The van der Waals surface area contributed by atoms with Gasteiger partial charge in [-0.2, -0.15) is 5.10 Å². The third-order valence-electron chi connectivity index (χ3n) is 3.52. The fourth-order valence-corrected chi connectivity index (χ4v) is 2.40. The van der Waals surface area contributed by atoms with Crippen LogP contribution in [-0.2, 0) is 4.79 Å². The summed E-state index contributed by atoms with van der Waals surface area (Å²) < 4.78 is 1.60. The number of hydrogen-bond donors (Lipinski definition) is 3. The lowest BCUT2D eigenvalue weighted by Crippen LogP contribution is -2.05. The summed E-state index contributed by atoms with van der Waals surface area (Å²) in [7, 11) is 0. The molecule has 3 aromatic rings. The van der Waals surface area contributed by atoms with Gasteiger partial charge in [-0.15, -0.1) is 0 Å². The number of nitrogens with zero attached hydrogens (tertiary/aromatic N) is 2. The molecular formula is C17H15N3O3. The van der Waals surface area contributed by atoms with Crippen molar-refractivity contribution >= 4 is 12.2 Å². The number of anilines is 1. The van der Waals surface area contributed by atoms with Crippen molar-refractivity contribution in [1.29, 1.82) is 0 Å². The minimum absolute atomic E-state index is 0.0316. The summed E-state index contributed by atoms with van der Waals surface area (Å²) in [6, 6.07) is 13.6. The van der Waals surface area contributed by atoms with Gasteiger partial charge in [-0.3, -0.25) is 4.79 Å². The number of benzene rings is 2. The number of amides is 1. The highest BCUT2D eigenvalue weighted by atomic mass is 16.3. The first-order valence-corrected chi connectivity index (χ1v) is 6.99. The molecule has 1 heterocycles. The quantitative estimate of drug-likeness (QED) is 0.647. The summed E-state index contributed by atoms with van der Waals surface area (Å²) in [6.07, 6.45) is 0.576. The Hall–Kier alpha value is -3.28. The first-order valence-electron chi connectivity index (χ1n) is 6.99. The Bertz CT molecular complexity index is 871. The van der Waals surface area contributed by atoms with E-state index in [1.165, 1.54) is 12.1 Å². The van der Waals surface area contributed by atoms with E-state index in [1.54, 1.807) is 16.8 Å². The fourth-order valence-electron chi connectivity index (χ4n) is 2.40. The van der Waals surface area contributed by atoms with Crippen molar-refractivity contribution in [2.45, 2.75) is 6.92 Å². The van der Waals surface area contributed by atoms with E-state index < -0.39 is 0 Å². The van der Waals surface area contributed by atoms with Gasteiger partial charge >= 0.3 is 0 Å². The van der Waals surface area contributed by atoms with Gasteiger partial charge in [0.05, 0.1) is 11.4 Å². The van der Waals surface area contributed by atoms with Gasteiger partial charge in [-0.1, -0.05) is 18.2 Å². The molecule has 0 bridgehead atoms. The van der Waals surface area contributed by atoms with E-state index in [-0.39, 0.29) is 11.5 Å². The number of hydrogen-bond acceptors (Lipinski definition) is 4. The van der Waals surface area contributed by atoms with E-state index in [0.717, 1.165) is 11.3 Å². The maximum Gasteiger partial charge on any atom is 0.212 e. The average molecular weight is 309 g/mol. The molecule has 0 aliphatic rings. The van der Waals surface area contributed by atoms with Gasteiger partial charge in [-0.25, -0.2) is 4.68 Å². The molecule has 6 nitrogen and oxygen atoms in total. The lowest BCUT2D eigenvalue weighted by molar-refractivity contribution is -0.105. The Kier molecular flexibility index (Phi) is 3.72. The normalized spacial score (nSPS) is 10.5. The van der Waals surface area contributed by atoms with Crippen LogP contribution >= 0.6 is 0 Å². The van der Waals surface area contributed by atoms with Crippen LogP contribution in [0.15, 0.2) is 48.5 Å². The molecule has 0 saturated heterocycles. The summed E-state index contributed by atoms with van der Waals surface area (Å²) in [4.78, 5) is 10.9. The van der Waals surface area contributed by atoms with E-state index in [0.29, 0.717) is 23.5 Å². The van der Waals surface area contributed by atoms with Crippen molar-refractivity contribution in [2.75, 3.05) is 5.32 Å². The number of phenols is 2. The average Bonchev–Trinajstić information content (AvgIpc) is 2.91. The summed E-state index contributed by atoms with van der Waals surface area (Å²) in [6.45, 7) is 1.94. The van der Waals surface area contributed by atoms with E-state index in [4.69, 9.17) is 0 Å². The third kappa shape index (κ3) is 2.74. The van der Waals surface area contributed by atoms with Crippen LogP contribution in [0.25, 0.3) is 16.9 Å². The second kappa shape index (κ2) is 5.84. The van der Waals surface area contributed by atoms with Crippen LogP contribution in [0, 0.1) is 6.92 Å². The van der Waals surface area contributed by atoms with Gasteiger partial charge in [0.15, 0.2) is 0 Å². The van der Waals surface area contributed by atoms with Crippen molar-refractivity contribution in [1.82, 2.24) is 9.78 Å². The van der Waals surface area contributed by atoms with Gasteiger partial charge < -0.3 is 15.5 Å². The molecule has 1 amide bonds. The van der Waals surface area contributed by atoms with Gasteiger partial charge in [-0.05, 0) is 30.7 Å². The smallest absolute Gasteiger partial charge is 0.212 e. The highest BCUT2D eigenvalue weighted by Crippen LogP contribution is 2.33. The minimum atomic E-state index is -0.0860. The first-order chi connectivity index (χ1) is 11.1. The molecule has 3 N–H and O–H groups in total. The molecule has 0 spiro atoms. The number of carbonyl (C=O) groups excluding carboxylic acids is 1. The minimum Gasteiger partial charge on any atom is -0.508 e. The fraction of sp³-hybridized carbons (Fsp3) is 0.0588. The Morgan fingerprint density at radius 1 is 1.13 bits per heavy atom. The predicted molar refractivity (Wildman–Crippen MR) is 86.8 cm³/mol. The number of nitrogens with one attached hydrogen (secondary N) is 1. The van der Waals surface area contributed by atoms with Crippen LogP contribution in [0.4, 0.5) is 5.82 Å². The standard InChI is InChI=1S/C17H15N3O3/c1-11-4-2-3-5-15(11)20-17(18-10-21)9-14(19-20)13-7-6-12(22)8-16(13)23/h2-10,22-23H,1H3,(H,18,21). The lowest BCUT2D eigenvalue weighted by Gasteiger charge is -2.08. The second-order valence-electron chi connectivity index (χ2n) is 5.08. The number of aromatic hydroxyl groups is 2. The Morgan fingerprint density at radius 3 is 2.61 bits per heavy atom. The molecule has 1 aromatic heterocycles. The molecule has 0 aliphatic heterocycles. The lowest BCUT2D eigenvalue weighted by atomic mass is 10.1. The third-order valence-corrected chi connectivity index (χ3v) is 3.52. The van der Waals surface area contributed by atoms with Crippen molar-refractivity contribution in [3.05, 3.63) is 54.1 Å². The molecule has 23 heavy (non-hydrogen) atoms. The van der Waals surface area contributed by atoms with E-state index in [9.17, 15) is 15.0 Å². The molecule has 2 aromatic carbocycles. The summed E-state index contributed by atoms with van der Waals surface area (Å²) in [5.41, 5.74) is 2.76. The van der Waals surface area contributed by atoms with Gasteiger partial charge in [0.2, 0.25) is 6.41 Å². The van der Waals surface area contributed by atoms with Gasteiger partial charge in [0, 0.05) is 17.7 Å².